The molecule has 3 aromatic rings. The van der Waals surface area contributed by atoms with E-state index in [1.54, 1.807) is 24.4 Å². The second kappa shape index (κ2) is 15.9. The first-order chi connectivity index (χ1) is 25.0. The van der Waals surface area contributed by atoms with Gasteiger partial charge in [-0.25, -0.2) is 0 Å². The number of piperazine rings is 1. The number of carboxylic acids is 1. The Morgan fingerprint density at radius 2 is 1.79 bits per heavy atom. The lowest BCUT2D eigenvalue weighted by Crippen LogP contribution is -2.58. The largest absolute Gasteiger partial charge is 0.490 e. The maximum Gasteiger partial charge on any atom is 0.320 e. The highest BCUT2D eigenvalue weighted by Crippen LogP contribution is 2.53. The number of nitrogens with zero attached hydrogens (tertiary/aromatic N) is 5. The number of hydrogen-bond acceptors (Lipinski definition) is 8. The SMILES string of the molecule is CN1CCN(C(=O)C2(COc3cc(OCc4cncc(C#N)c4)c(CN4CCCC[C@H]4C(=O)O)cc3Cl)C=CC=C(c3ccccc3)C2(C)C)CC1. The molecular formula is C41H46ClN5O5. The van der Waals surface area contributed by atoms with Gasteiger partial charge in [0.15, 0.2) is 0 Å². The maximum atomic E-state index is 14.8. The van der Waals surface area contributed by atoms with Gasteiger partial charge in [-0.3, -0.25) is 19.5 Å². The smallest absolute Gasteiger partial charge is 0.320 e. The van der Waals surface area contributed by atoms with Gasteiger partial charge in [0.1, 0.15) is 42.2 Å². The van der Waals surface area contributed by atoms with Gasteiger partial charge in [0.25, 0.3) is 0 Å². The quantitative estimate of drug-likeness (QED) is 0.238. The summed E-state index contributed by atoms with van der Waals surface area (Å²) in [6.07, 6.45) is 11.5. The van der Waals surface area contributed by atoms with Crippen LogP contribution in [0.1, 0.15) is 55.4 Å². The zero-order valence-electron chi connectivity index (χ0n) is 30.1. The van der Waals surface area contributed by atoms with Crippen molar-refractivity contribution in [2.24, 2.45) is 10.8 Å². The van der Waals surface area contributed by atoms with Crippen LogP contribution >= 0.6 is 11.6 Å². The number of rotatable bonds is 11. The van der Waals surface area contributed by atoms with E-state index in [1.807, 2.05) is 40.2 Å². The topological polar surface area (TPSA) is 119 Å². The van der Waals surface area contributed by atoms with Crippen molar-refractivity contribution in [3.05, 3.63) is 106 Å². The molecule has 52 heavy (non-hydrogen) atoms. The zero-order valence-corrected chi connectivity index (χ0v) is 30.8. The number of pyridine rings is 1. The molecule has 1 N–H and O–H groups in total. The maximum absolute atomic E-state index is 14.8. The summed E-state index contributed by atoms with van der Waals surface area (Å²) >= 11 is 6.99. The number of nitriles is 1. The molecule has 6 rings (SSSR count). The van der Waals surface area contributed by atoms with Gasteiger partial charge < -0.3 is 24.4 Å². The molecule has 2 fully saturated rings. The highest BCUT2D eigenvalue weighted by atomic mass is 35.5. The van der Waals surface area contributed by atoms with E-state index in [0.29, 0.717) is 65.8 Å². The molecule has 3 aliphatic rings. The van der Waals surface area contributed by atoms with Crippen LogP contribution in [0.5, 0.6) is 11.5 Å². The van der Waals surface area contributed by atoms with Gasteiger partial charge >= 0.3 is 5.97 Å². The monoisotopic (exact) mass is 723 g/mol. The molecule has 272 valence electrons. The Bertz CT molecular complexity index is 1880. The normalized spacial score (nSPS) is 21.9. The van der Waals surface area contributed by atoms with Gasteiger partial charge in [-0.2, -0.15) is 5.26 Å². The summed E-state index contributed by atoms with van der Waals surface area (Å²) in [4.78, 5) is 37.3. The average molecular weight is 724 g/mol. The van der Waals surface area contributed by atoms with Crippen LogP contribution in [0.25, 0.3) is 5.57 Å². The predicted molar refractivity (Wildman–Crippen MR) is 200 cm³/mol. The van der Waals surface area contributed by atoms with E-state index < -0.39 is 22.8 Å². The number of ether oxygens (including phenoxy) is 2. The average Bonchev–Trinajstić information content (AvgIpc) is 3.15. The standard InChI is InChI=1S/C41H46ClN5O5/c1-40(2)33(31-10-5-4-6-11-31)12-9-14-41(40,39(50)46-18-16-45(3)17-19-46)28-52-37-22-36(51-27-30-20-29(23-43)24-44-25-30)32(21-34(37)42)26-47-15-8-7-13-35(47)38(48)49/h4-6,9-12,14,20-22,24-25,35H,7-8,13,15-19,26-28H2,1-3H3,(H,48,49)/t35-,41?/m0/s1. The van der Waals surface area contributed by atoms with Crippen molar-refractivity contribution < 1.29 is 24.2 Å². The van der Waals surface area contributed by atoms with E-state index in [-0.39, 0.29) is 19.1 Å². The number of hydrogen-bond donors (Lipinski definition) is 1. The first-order valence-corrected chi connectivity index (χ1v) is 18.2. The molecule has 2 saturated heterocycles. The van der Waals surface area contributed by atoms with Crippen LogP contribution in [-0.2, 0) is 22.7 Å². The van der Waals surface area contributed by atoms with Crippen LogP contribution in [0.2, 0.25) is 5.02 Å². The van der Waals surface area contributed by atoms with Crippen LogP contribution in [-0.4, -0.2) is 89.1 Å². The van der Waals surface area contributed by atoms with Crippen LogP contribution in [0.15, 0.2) is 79.2 Å². The molecule has 2 atom stereocenters. The molecule has 3 heterocycles. The Morgan fingerprint density at radius 1 is 1.02 bits per heavy atom. The van der Waals surface area contributed by atoms with Gasteiger partial charge in [-0.1, -0.05) is 80.4 Å². The number of aliphatic carboxylic acids is 1. The number of amides is 1. The molecule has 10 nitrogen and oxygen atoms in total. The number of carbonyl (C=O) groups is 2. The van der Waals surface area contributed by atoms with Gasteiger partial charge in [-0.05, 0) is 49.7 Å². The Labute approximate surface area is 310 Å². The Hall–Kier alpha value is -4.69. The minimum absolute atomic E-state index is 0.00211. The highest BCUT2D eigenvalue weighted by molar-refractivity contribution is 6.32. The fourth-order valence-corrected chi connectivity index (χ4v) is 7.81. The molecule has 2 aliphatic heterocycles. The van der Waals surface area contributed by atoms with Crippen LogP contribution in [0.3, 0.4) is 0 Å². The molecule has 0 radical (unpaired) electrons. The number of halogens is 1. The summed E-state index contributed by atoms with van der Waals surface area (Å²) in [7, 11) is 2.07. The number of piperidine rings is 1. The molecule has 11 heteroatoms. The summed E-state index contributed by atoms with van der Waals surface area (Å²) < 4.78 is 13.0. The number of carboxylic acid groups (broad SMARTS) is 1. The van der Waals surface area contributed by atoms with E-state index in [0.717, 1.165) is 37.1 Å². The van der Waals surface area contributed by atoms with Gasteiger partial charge in [0.2, 0.25) is 5.91 Å². The highest BCUT2D eigenvalue weighted by Gasteiger charge is 2.55. The van der Waals surface area contributed by atoms with E-state index in [9.17, 15) is 20.0 Å². The zero-order chi connectivity index (χ0) is 36.9. The Balaban J connectivity index is 1.35. The molecule has 1 amide bonds. The molecule has 0 saturated carbocycles. The van der Waals surface area contributed by atoms with E-state index in [4.69, 9.17) is 21.1 Å². The third-order valence-corrected chi connectivity index (χ3v) is 11.1. The molecule has 1 aromatic heterocycles. The Morgan fingerprint density at radius 3 is 2.52 bits per heavy atom. The number of aromatic nitrogens is 1. The van der Waals surface area contributed by atoms with Gasteiger partial charge in [-0.15, -0.1) is 0 Å². The van der Waals surface area contributed by atoms with Crippen LogP contribution in [0.4, 0.5) is 0 Å². The summed E-state index contributed by atoms with van der Waals surface area (Å²) in [6.45, 7) is 8.11. The molecule has 0 spiro atoms. The molecule has 1 unspecified atom stereocenters. The van der Waals surface area contributed by atoms with Crippen molar-refractivity contribution in [1.82, 2.24) is 19.7 Å². The summed E-state index contributed by atoms with van der Waals surface area (Å²) in [6, 6.07) is 16.8. The lowest BCUT2D eigenvalue weighted by Gasteiger charge is -2.49. The molecule has 0 bridgehead atoms. The second-order valence-corrected chi connectivity index (χ2v) is 14.9. The molecule has 2 aromatic carbocycles. The van der Waals surface area contributed by atoms with Crippen molar-refractivity contribution in [1.29, 1.82) is 5.26 Å². The van der Waals surface area contributed by atoms with E-state index in [1.165, 1.54) is 6.20 Å². The molecular weight excluding hydrogens is 678 g/mol. The summed E-state index contributed by atoms with van der Waals surface area (Å²) in [5.41, 5.74) is 2.17. The predicted octanol–water partition coefficient (Wildman–Crippen LogP) is 6.44. The number of likely N-dealkylation sites (N-methyl/N-ethyl adjacent to an activating group) is 1. The fourth-order valence-electron chi connectivity index (χ4n) is 7.56. The summed E-state index contributed by atoms with van der Waals surface area (Å²) in [5, 5.41) is 19.7. The van der Waals surface area contributed by atoms with Crippen LogP contribution in [0, 0.1) is 22.2 Å². The third-order valence-electron chi connectivity index (χ3n) is 10.9. The number of benzene rings is 2. The number of likely N-dealkylation sites (tertiary alicyclic amines) is 1. The first kappa shape index (κ1) is 37.1. The minimum Gasteiger partial charge on any atom is -0.490 e. The van der Waals surface area contributed by atoms with Crippen molar-refractivity contribution in [2.45, 2.75) is 52.3 Å². The van der Waals surface area contributed by atoms with Crippen molar-refractivity contribution in [2.75, 3.05) is 46.4 Å². The van der Waals surface area contributed by atoms with E-state index in [2.05, 4.69) is 55.1 Å². The lowest BCUT2D eigenvalue weighted by molar-refractivity contribution is -0.147. The van der Waals surface area contributed by atoms with Gasteiger partial charge in [0, 0.05) is 67.7 Å². The van der Waals surface area contributed by atoms with Crippen molar-refractivity contribution in [3.63, 3.8) is 0 Å². The number of carbonyl (C=O) groups excluding carboxylic acids is 1. The fraction of sp³-hybridized carbons (Fsp3) is 0.415. The molecule has 1 aliphatic carbocycles. The lowest BCUT2D eigenvalue weighted by atomic mass is 9.58. The summed E-state index contributed by atoms with van der Waals surface area (Å²) in [5.74, 6) is -0.0279. The van der Waals surface area contributed by atoms with Crippen molar-refractivity contribution >= 4 is 29.1 Å². The first-order valence-electron chi connectivity index (χ1n) is 17.8. The third kappa shape index (κ3) is 7.73. The van der Waals surface area contributed by atoms with E-state index >= 15 is 0 Å². The minimum atomic E-state index is -1.07. The Kier molecular flexibility index (Phi) is 11.3. The van der Waals surface area contributed by atoms with Crippen molar-refractivity contribution in [3.8, 4) is 17.6 Å². The number of allylic oxidation sites excluding steroid dienone is 3. The second-order valence-electron chi connectivity index (χ2n) is 14.5. The van der Waals surface area contributed by atoms with Gasteiger partial charge in [0.05, 0.1) is 10.6 Å². The van der Waals surface area contributed by atoms with Crippen LogP contribution < -0.4 is 9.47 Å².